The zero-order valence-electron chi connectivity index (χ0n) is 14.8. The first-order valence-electron chi connectivity index (χ1n) is 7.88. The van der Waals surface area contributed by atoms with Crippen molar-refractivity contribution in [2.24, 2.45) is 0 Å². The van der Waals surface area contributed by atoms with E-state index in [9.17, 15) is 14.9 Å². The third-order valence-electron chi connectivity index (χ3n) is 3.53. The standard InChI is InChI=1S/C16H15N7O5/c1-9-7-12(22-28-9)19-14-13(23(25)26)15(18-8-17-14)20-21-16(24)10-5-3-4-6-11(10)27-2/h3-8H,1-2H3,(H,21,24)(H2,17,18,19,20,22). The van der Waals surface area contributed by atoms with Gasteiger partial charge in [-0.05, 0) is 19.1 Å². The Morgan fingerprint density at radius 2 is 2.00 bits per heavy atom. The second kappa shape index (κ2) is 7.99. The molecule has 3 aromatic rings. The van der Waals surface area contributed by atoms with Crippen molar-refractivity contribution in [3.05, 3.63) is 58.1 Å². The number of aryl methyl sites for hydroxylation is 1. The number of rotatable bonds is 7. The summed E-state index contributed by atoms with van der Waals surface area (Å²) in [7, 11) is 1.43. The second-order valence-corrected chi connectivity index (χ2v) is 5.40. The van der Waals surface area contributed by atoms with E-state index < -0.39 is 16.5 Å². The molecule has 1 aromatic carbocycles. The lowest BCUT2D eigenvalue weighted by atomic mass is 10.2. The van der Waals surface area contributed by atoms with Gasteiger partial charge >= 0.3 is 5.69 Å². The normalized spacial score (nSPS) is 10.2. The third-order valence-corrected chi connectivity index (χ3v) is 3.53. The van der Waals surface area contributed by atoms with E-state index in [0.29, 0.717) is 11.5 Å². The number of carbonyl (C=O) groups is 1. The van der Waals surface area contributed by atoms with Crippen molar-refractivity contribution in [1.29, 1.82) is 0 Å². The van der Waals surface area contributed by atoms with Crippen LogP contribution in [0.5, 0.6) is 5.75 Å². The number of amides is 1. The first-order chi connectivity index (χ1) is 13.5. The van der Waals surface area contributed by atoms with Crippen molar-refractivity contribution in [2.45, 2.75) is 6.92 Å². The number of benzene rings is 1. The number of hydrogen-bond acceptors (Lipinski definition) is 10. The van der Waals surface area contributed by atoms with Gasteiger partial charge in [0.2, 0.25) is 11.6 Å². The summed E-state index contributed by atoms with van der Waals surface area (Å²) in [6.07, 6.45) is 1.10. The zero-order chi connectivity index (χ0) is 20.1. The number of methoxy groups -OCH3 is 1. The van der Waals surface area contributed by atoms with Gasteiger partial charge in [0, 0.05) is 6.07 Å². The van der Waals surface area contributed by atoms with Gasteiger partial charge in [0.05, 0.1) is 17.6 Å². The van der Waals surface area contributed by atoms with E-state index in [-0.39, 0.29) is 23.0 Å². The molecule has 2 heterocycles. The first-order valence-corrected chi connectivity index (χ1v) is 7.88. The van der Waals surface area contributed by atoms with Crippen LogP contribution in [-0.4, -0.2) is 33.1 Å². The number of hydrogen-bond donors (Lipinski definition) is 3. The fourth-order valence-corrected chi connectivity index (χ4v) is 2.30. The molecule has 0 fully saturated rings. The summed E-state index contributed by atoms with van der Waals surface area (Å²) < 4.78 is 10.0. The Kier molecular flexibility index (Phi) is 5.30. The topological polar surface area (TPSA) is 157 Å². The van der Waals surface area contributed by atoms with E-state index in [1.54, 1.807) is 37.3 Å². The molecule has 0 atom stereocenters. The molecule has 0 spiro atoms. The Labute approximate surface area is 158 Å². The lowest BCUT2D eigenvalue weighted by Gasteiger charge is -2.11. The molecule has 0 aliphatic rings. The highest BCUT2D eigenvalue weighted by molar-refractivity contribution is 5.97. The molecule has 0 saturated carbocycles. The fraction of sp³-hybridized carbons (Fsp3) is 0.125. The number of aromatic nitrogens is 3. The maximum Gasteiger partial charge on any atom is 0.355 e. The molecule has 0 unspecified atom stereocenters. The lowest BCUT2D eigenvalue weighted by Crippen LogP contribution is -2.30. The molecule has 28 heavy (non-hydrogen) atoms. The Balaban J connectivity index is 1.82. The van der Waals surface area contributed by atoms with Crippen molar-refractivity contribution in [3.8, 4) is 5.75 Å². The summed E-state index contributed by atoms with van der Waals surface area (Å²) in [5, 5.41) is 17.9. The number of carbonyl (C=O) groups excluding carboxylic acids is 1. The highest BCUT2D eigenvalue weighted by Crippen LogP contribution is 2.30. The zero-order valence-corrected chi connectivity index (χ0v) is 14.8. The number of hydrazine groups is 1. The quantitative estimate of drug-likeness (QED) is 0.406. The number of anilines is 3. The van der Waals surface area contributed by atoms with Gasteiger partial charge < -0.3 is 14.6 Å². The molecule has 0 bridgehead atoms. The molecule has 2 aromatic heterocycles. The lowest BCUT2D eigenvalue weighted by molar-refractivity contribution is -0.383. The minimum absolute atomic E-state index is 0.123. The average Bonchev–Trinajstić information content (AvgIpc) is 3.10. The van der Waals surface area contributed by atoms with Crippen molar-refractivity contribution in [2.75, 3.05) is 17.9 Å². The number of para-hydroxylation sites is 1. The highest BCUT2D eigenvalue weighted by atomic mass is 16.6. The van der Waals surface area contributed by atoms with Crippen LogP contribution in [0.1, 0.15) is 16.1 Å². The van der Waals surface area contributed by atoms with E-state index >= 15 is 0 Å². The summed E-state index contributed by atoms with van der Waals surface area (Å²) >= 11 is 0. The van der Waals surface area contributed by atoms with Crippen LogP contribution >= 0.6 is 0 Å². The molecular weight excluding hydrogens is 370 g/mol. The number of nitrogens with zero attached hydrogens (tertiary/aromatic N) is 4. The molecule has 3 rings (SSSR count). The average molecular weight is 385 g/mol. The fourth-order valence-electron chi connectivity index (χ4n) is 2.30. The maximum atomic E-state index is 12.4. The largest absolute Gasteiger partial charge is 0.496 e. The Hall–Kier alpha value is -4.22. The van der Waals surface area contributed by atoms with E-state index in [1.165, 1.54) is 7.11 Å². The number of nitro groups is 1. The first kappa shape index (κ1) is 18.6. The molecule has 1 amide bonds. The van der Waals surface area contributed by atoms with Crippen molar-refractivity contribution < 1.29 is 19.0 Å². The van der Waals surface area contributed by atoms with Gasteiger partial charge in [-0.15, -0.1) is 0 Å². The molecule has 0 radical (unpaired) electrons. The molecule has 12 nitrogen and oxygen atoms in total. The summed E-state index contributed by atoms with van der Waals surface area (Å²) in [5.74, 6) is 0.202. The van der Waals surface area contributed by atoms with E-state index in [2.05, 4.69) is 31.3 Å². The van der Waals surface area contributed by atoms with Gasteiger partial charge in [-0.2, -0.15) is 0 Å². The molecule has 3 N–H and O–H groups in total. The maximum absolute atomic E-state index is 12.4. The molecule has 0 aliphatic heterocycles. The molecule has 144 valence electrons. The van der Waals surface area contributed by atoms with Crippen molar-refractivity contribution in [3.63, 3.8) is 0 Å². The molecule has 0 saturated heterocycles. The van der Waals surface area contributed by atoms with Crippen LogP contribution in [0.3, 0.4) is 0 Å². The minimum Gasteiger partial charge on any atom is -0.496 e. The van der Waals surface area contributed by atoms with Gasteiger partial charge in [-0.1, -0.05) is 17.3 Å². The van der Waals surface area contributed by atoms with Crippen LogP contribution in [0, 0.1) is 17.0 Å². The Bertz CT molecular complexity index is 1020. The molecule has 12 heteroatoms. The van der Waals surface area contributed by atoms with Gasteiger partial charge in [0.15, 0.2) is 5.82 Å². The predicted octanol–water partition coefficient (Wildman–Crippen LogP) is 2.19. The SMILES string of the molecule is COc1ccccc1C(=O)NNc1ncnc(Nc2cc(C)on2)c1[N+](=O)[O-]. The van der Waals surface area contributed by atoms with E-state index in [4.69, 9.17) is 9.26 Å². The minimum atomic E-state index is -0.688. The van der Waals surface area contributed by atoms with Crippen LogP contribution in [0.4, 0.5) is 23.1 Å². The Morgan fingerprint density at radius 1 is 1.25 bits per heavy atom. The van der Waals surface area contributed by atoms with Crippen LogP contribution in [0.25, 0.3) is 0 Å². The van der Waals surface area contributed by atoms with Crippen LogP contribution in [0.2, 0.25) is 0 Å². The van der Waals surface area contributed by atoms with Crippen molar-refractivity contribution >= 4 is 29.0 Å². The summed E-state index contributed by atoms with van der Waals surface area (Å²) in [4.78, 5) is 30.9. The molecule has 0 aliphatic carbocycles. The van der Waals surface area contributed by atoms with Crippen LogP contribution in [0.15, 0.2) is 41.2 Å². The van der Waals surface area contributed by atoms with Crippen molar-refractivity contribution in [1.82, 2.24) is 20.6 Å². The van der Waals surface area contributed by atoms with E-state index in [1.807, 2.05) is 0 Å². The monoisotopic (exact) mass is 385 g/mol. The van der Waals surface area contributed by atoms with Gasteiger partial charge in [0.25, 0.3) is 5.91 Å². The van der Waals surface area contributed by atoms with Crippen LogP contribution in [-0.2, 0) is 0 Å². The van der Waals surface area contributed by atoms with Gasteiger partial charge in [-0.3, -0.25) is 25.8 Å². The second-order valence-electron chi connectivity index (χ2n) is 5.40. The van der Waals surface area contributed by atoms with Crippen LogP contribution < -0.4 is 20.9 Å². The highest BCUT2D eigenvalue weighted by Gasteiger charge is 2.24. The summed E-state index contributed by atoms with van der Waals surface area (Å²) in [6, 6.07) is 8.07. The number of ether oxygens (including phenoxy) is 1. The Morgan fingerprint density at radius 3 is 2.68 bits per heavy atom. The van der Waals surface area contributed by atoms with Gasteiger partial charge in [0.1, 0.15) is 17.8 Å². The van der Waals surface area contributed by atoms with Gasteiger partial charge in [-0.25, -0.2) is 9.97 Å². The third kappa shape index (κ3) is 3.95. The predicted molar refractivity (Wildman–Crippen MR) is 97.3 cm³/mol. The smallest absolute Gasteiger partial charge is 0.355 e. The number of nitrogens with one attached hydrogen (secondary N) is 3. The van der Waals surface area contributed by atoms with E-state index in [0.717, 1.165) is 6.33 Å². The summed E-state index contributed by atoms with van der Waals surface area (Å²) in [6.45, 7) is 1.67. The summed E-state index contributed by atoms with van der Waals surface area (Å²) in [5.41, 5.74) is 4.56. The molecular formula is C16H15N7O5.